The molecule has 2 rings (SSSR count). The molecule has 0 saturated heterocycles. The van der Waals surface area contributed by atoms with Crippen molar-refractivity contribution in [2.24, 2.45) is 0 Å². The SMILES string of the molecule is O=Cc1cc(Cl)ccc1OCc1cccc(O)c1. The van der Waals surface area contributed by atoms with Gasteiger partial charge in [0, 0.05) is 5.02 Å². The number of rotatable bonds is 4. The van der Waals surface area contributed by atoms with Crippen molar-refractivity contribution in [2.75, 3.05) is 0 Å². The molecule has 18 heavy (non-hydrogen) atoms. The Morgan fingerprint density at radius 2 is 2.06 bits per heavy atom. The van der Waals surface area contributed by atoms with Gasteiger partial charge in [-0.1, -0.05) is 23.7 Å². The third-order valence-corrected chi connectivity index (χ3v) is 2.64. The fourth-order valence-electron chi connectivity index (χ4n) is 1.55. The number of phenols is 1. The molecule has 0 heterocycles. The van der Waals surface area contributed by atoms with E-state index in [9.17, 15) is 9.90 Å². The van der Waals surface area contributed by atoms with Gasteiger partial charge in [-0.05, 0) is 35.9 Å². The zero-order valence-electron chi connectivity index (χ0n) is 9.47. The van der Waals surface area contributed by atoms with Gasteiger partial charge < -0.3 is 9.84 Å². The molecule has 0 saturated carbocycles. The first-order chi connectivity index (χ1) is 8.69. The lowest BCUT2D eigenvalue weighted by Crippen LogP contribution is -1.98. The molecule has 0 aliphatic rings. The second-order valence-electron chi connectivity index (χ2n) is 3.76. The van der Waals surface area contributed by atoms with Crippen molar-refractivity contribution >= 4 is 17.9 Å². The molecular weight excluding hydrogens is 252 g/mol. The zero-order chi connectivity index (χ0) is 13.0. The van der Waals surface area contributed by atoms with E-state index < -0.39 is 0 Å². The Kier molecular flexibility index (Phi) is 3.85. The topological polar surface area (TPSA) is 46.5 Å². The Morgan fingerprint density at radius 3 is 2.78 bits per heavy atom. The summed E-state index contributed by atoms with van der Waals surface area (Å²) in [5, 5.41) is 9.81. The van der Waals surface area contributed by atoms with Crippen LogP contribution in [0.4, 0.5) is 0 Å². The van der Waals surface area contributed by atoms with Crippen molar-refractivity contribution in [3.8, 4) is 11.5 Å². The summed E-state index contributed by atoms with van der Waals surface area (Å²) in [5.41, 5.74) is 1.23. The minimum absolute atomic E-state index is 0.183. The number of aromatic hydroxyl groups is 1. The quantitative estimate of drug-likeness (QED) is 0.859. The number of hydrogen-bond donors (Lipinski definition) is 1. The average molecular weight is 263 g/mol. The van der Waals surface area contributed by atoms with Crippen molar-refractivity contribution in [3.05, 3.63) is 58.6 Å². The molecule has 3 nitrogen and oxygen atoms in total. The molecule has 0 unspecified atom stereocenters. The van der Waals surface area contributed by atoms with Crippen molar-refractivity contribution in [1.82, 2.24) is 0 Å². The van der Waals surface area contributed by atoms with Gasteiger partial charge in [0.05, 0.1) is 5.56 Å². The summed E-state index contributed by atoms with van der Waals surface area (Å²) in [5.74, 6) is 0.653. The van der Waals surface area contributed by atoms with Gasteiger partial charge in [-0.25, -0.2) is 0 Å². The van der Waals surface area contributed by atoms with Gasteiger partial charge in [0.25, 0.3) is 0 Å². The lowest BCUT2D eigenvalue weighted by atomic mass is 10.2. The highest BCUT2D eigenvalue weighted by Gasteiger charge is 2.04. The molecule has 0 fully saturated rings. The number of benzene rings is 2. The van der Waals surface area contributed by atoms with Gasteiger partial charge in [0.1, 0.15) is 18.1 Å². The zero-order valence-corrected chi connectivity index (χ0v) is 10.2. The first-order valence-corrected chi connectivity index (χ1v) is 5.72. The van der Waals surface area contributed by atoms with Crippen molar-refractivity contribution in [3.63, 3.8) is 0 Å². The van der Waals surface area contributed by atoms with Crippen molar-refractivity contribution in [1.29, 1.82) is 0 Å². The summed E-state index contributed by atoms with van der Waals surface area (Å²) in [7, 11) is 0. The molecule has 0 atom stereocenters. The van der Waals surface area contributed by atoms with Gasteiger partial charge in [0.15, 0.2) is 6.29 Å². The summed E-state index contributed by atoms with van der Waals surface area (Å²) in [6.07, 6.45) is 0.698. The molecule has 0 aliphatic heterocycles. The second-order valence-corrected chi connectivity index (χ2v) is 4.20. The van der Waals surface area contributed by atoms with Crippen LogP contribution in [0.1, 0.15) is 15.9 Å². The molecule has 2 aromatic rings. The number of carbonyl (C=O) groups is 1. The Balaban J connectivity index is 2.13. The van der Waals surface area contributed by atoms with Crippen LogP contribution in [0.5, 0.6) is 11.5 Å². The molecule has 0 aliphatic carbocycles. The van der Waals surface area contributed by atoms with Gasteiger partial charge in [0.2, 0.25) is 0 Å². The van der Waals surface area contributed by atoms with Crippen LogP contribution in [-0.2, 0) is 6.61 Å². The number of ether oxygens (including phenoxy) is 1. The molecule has 0 amide bonds. The van der Waals surface area contributed by atoms with Gasteiger partial charge in [-0.15, -0.1) is 0 Å². The first kappa shape index (κ1) is 12.5. The van der Waals surface area contributed by atoms with E-state index in [-0.39, 0.29) is 12.4 Å². The minimum Gasteiger partial charge on any atom is -0.508 e. The Hall–Kier alpha value is -2.00. The van der Waals surface area contributed by atoms with E-state index >= 15 is 0 Å². The van der Waals surface area contributed by atoms with Gasteiger partial charge in [-0.2, -0.15) is 0 Å². The van der Waals surface area contributed by atoms with E-state index in [4.69, 9.17) is 16.3 Å². The van der Waals surface area contributed by atoms with Crippen molar-refractivity contribution in [2.45, 2.75) is 6.61 Å². The van der Waals surface area contributed by atoms with Crippen LogP contribution >= 0.6 is 11.6 Å². The summed E-state index contributed by atoms with van der Waals surface area (Å²) >= 11 is 5.79. The van der Waals surface area contributed by atoms with Crippen LogP contribution in [0.3, 0.4) is 0 Å². The summed E-state index contributed by atoms with van der Waals surface area (Å²) in [4.78, 5) is 10.9. The first-order valence-electron chi connectivity index (χ1n) is 5.34. The van der Waals surface area contributed by atoms with Crippen LogP contribution < -0.4 is 4.74 Å². The minimum atomic E-state index is 0.183. The normalized spacial score (nSPS) is 10.1. The lowest BCUT2D eigenvalue weighted by molar-refractivity contribution is 0.111. The average Bonchev–Trinajstić information content (AvgIpc) is 2.37. The molecule has 92 valence electrons. The molecule has 2 aromatic carbocycles. The molecule has 0 bridgehead atoms. The number of aldehydes is 1. The monoisotopic (exact) mass is 262 g/mol. The highest BCUT2D eigenvalue weighted by atomic mass is 35.5. The van der Waals surface area contributed by atoms with Gasteiger partial charge in [-0.3, -0.25) is 4.79 Å². The summed E-state index contributed by atoms with van der Waals surface area (Å²) in [6.45, 7) is 0.275. The maximum Gasteiger partial charge on any atom is 0.153 e. The second kappa shape index (κ2) is 5.56. The highest BCUT2D eigenvalue weighted by Crippen LogP contribution is 2.22. The van der Waals surface area contributed by atoms with E-state index in [0.29, 0.717) is 22.6 Å². The number of carbonyl (C=O) groups excluding carboxylic acids is 1. The third-order valence-electron chi connectivity index (χ3n) is 2.40. The van der Waals surface area contributed by atoms with Crippen LogP contribution in [0, 0.1) is 0 Å². The van der Waals surface area contributed by atoms with E-state index in [1.807, 2.05) is 6.07 Å². The molecular formula is C14H11ClO3. The third kappa shape index (κ3) is 3.02. The lowest BCUT2D eigenvalue weighted by Gasteiger charge is -2.08. The molecule has 1 N–H and O–H groups in total. The predicted octanol–water partition coefficient (Wildman–Crippen LogP) is 3.44. The summed E-state index contributed by atoms with van der Waals surface area (Å²) < 4.78 is 5.52. The largest absolute Gasteiger partial charge is 0.508 e. The van der Waals surface area contributed by atoms with Crippen LogP contribution in [0.2, 0.25) is 5.02 Å². The maximum atomic E-state index is 10.9. The van der Waals surface area contributed by atoms with E-state index in [1.54, 1.807) is 36.4 Å². The van der Waals surface area contributed by atoms with Gasteiger partial charge >= 0.3 is 0 Å². The standard InChI is InChI=1S/C14H11ClO3/c15-12-4-5-14(11(7-12)8-16)18-9-10-2-1-3-13(17)6-10/h1-8,17H,9H2. The molecule has 0 spiro atoms. The smallest absolute Gasteiger partial charge is 0.153 e. The predicted molar refractivity (Wildman–Crippen MR) is 69.3 cm³/mol. The molecule has 0 aromatic heterocycles. The maximum absolute atomic E-state index is 10.9. The fraction of sp³-hybridized carbons (Fsp3) is 0.0714. The van der Waals surface area contributed by atoms with Crippen LogP contribution in [0.15, 0.2) is 42.5 Å². The number of phenolic OH excluding ortho intramolecular Hbond substituents is 1. The van der Waals surface area contributed by atoms with Crippen LogP contribution in [-0.4, -0.2) is 11.4 Å². The number of halogens is 1. The Labute approximate surface area is 110 Å². The Morgan fingerprint density at radius 1 is 1.22 bits per heavy atom. The van der Waals surface area contributed by atoms with E-state index in [1.165, 1.54) is 0 Å². The van der Waals surface area contributed by atoms with Crippen LogP contribution in [0.25, 0.3) is 0 Å². The fourth-order valence-corrected chi connectivity index (χ4v) is 1.73. The molecule has 0 radical (unpaired) electrons. The van der Waals surface area contributed by atoms with E-state index in [0.717, 1.165) is 5.56 Å². The summed E-state index contributed by atoms with van der Waals surface area (Å²) in [6, 6.07) is 11.6. The van der Waals surface area contributed by atoms with E-state index in [2.05, 4.69) is 0 Å². The molecule has 4 heteroatoms. The highest BCUT2D eigenvalue weighted by molar-refractivity contribution is 6.30. The Bertz CT molecular complexity index is 567. The van der Waals surface area contributed by atoms with Crippen molar-refractivity contribution < 1.29 is 14.6 Å². The number of hydrogen-bond acceptors (Lipinski definition) is 3.